The van der Waals surface area contributed by atoms with Crippen molar-refractivity contribution in [2.75, 3.05) is 5.01 Å². The molecule has 1 saturated heterocycles. The first-order valence-electron chi connectivity index (χ1n) is 8.76. The Morgan fingerprint density at radius 3 is 2.40 bits per heavy atom. The monoisotopic (exact) mass is 332 g/mol. The Hall–Kier alpha value is -2.88. The lowest BCUT2D eigenvalue weighted by atomic mass is 9.96. The number of para-hydroxylation sites is 1. The van der Waals surface area contributed by atoms with Crippen LogP contribution in [-0.2, 0) is 9.59 Å². The minimum absolute atomic E-state index is 0.116. The van der Waals surface area contributed by atoms with Crippen LogP contribution in [0.4, 0.5) is 5.69 Å². The Morgan fingerprint density at radius 1 is 0.920 bits per heavy atom. The highest BCUT2D eigenvalue weighted by molar-refractivity contribution is 6.17. The number of fused-ring (bicyclic) bond motifs is 3. The molecule has 0 saturated carbocycles. The molecule has 2 heterocycles. The molecule has 126 valence electrons. The van der Waals surface area contributed by atoms with Crippen molar-refractivity contribution in [2.45, 2.75) is 26.2 Å². The topological polar surface area (TPSA) is 40.6 Å². The summed E-state index contributed by atoms with van der Waals surface area (Å²) in [5, 5.41) is 3.05. The fourth-order valence-electron chi connectivity index (χ4n) is 3.55. The summed E-state index contributed by atoms with van der Waals surface area (Å²) >= 11 is 0. The quantitative estimate of drug-likeness (QED) is 0.795. The maximum atomic E-state index is 12.9. The molecule has 2 aliphatic heterocycles. The lowest BCUT2D eigenvalue weighted by Crippen LogP contribution is -2.40. The Morgan fingerprint density at radius 2 is 1.64 bits per heavy atom. The van der Waals surface area contributed by atoms with E-state index in [0.717, 1.165) is 35.2 Å². The van der Waals surface area contributed by atoms with E-state index in [0.29, 0.717) is 6.42 Å². The van der Waals surface area contributed by atoms with E-state index in [1.165, 1.54) is 5.01 Å². The Bertz CT molecular complexity index is 857. The van der Waals surface area contributed by atoms with E-state index in [2.05, 4.69) is 6.92 Å². The van der Waals surface area contributed by atoms with Crippen LogP contribution in [0.2, 0.25) is 0 Å². The number of unbranched alkanes of at least 4 members (excludes halogenated alkanes) is 1. The van der Waals surface area contributed by atoms with E-state index < -0.39 is 5.92 Å². The van der Waals surface area contributed by atoms with Crippen LogP contribution in [0.5, 0.6) is 0 Å². The molecule has 0 bridgehead atoms. The molecule has 2 aliphatic rings. The average molecular weight is 332 g/mol. The minimum atomic E-state index is -0.570. The predicted octanol–water partition coefficient (Wildman–Crippen LogP) is 3.99. The largest absolute Gasteiger partial charge is 0.272 e. The van der Waals surface area contributed by atoms with Gasteiger partial charge in [0, 0.05) is 17.3 Å². The van der Waals surface area contributed by atoms with Gasteiger partial charge in [0.25, 0.3) is 11.8 Å². The normalized spacial score (nSPS) is 18.9. The van der Waals surface area contributed by atoms with Crippen molar-refractivity contribution >= 4 is 23.1 Å². The summed E-state index contributed by atoms with van der Waals surface area (Å²) in [6, 6.07) is 17.7. The summed E-state index contributed by atoms with van der Waals surface area (Å²) in [6.45, 7) is 2.07. The number of amides is 2. The average Bonchev–Trinajstić information content (AvgIpc) is 2.90. The zero-order valence-electron chi connectivity index (χ0n) is 14.2. The van der Waals surface area contributed by atoms with E-state index in [-0.39, 0.29) is 11.8 Å². The summed E-state index contributed by atoms with van der Waals surface area (Å²) in [6.07, 6.45) is 4.27. The molecule has 0 aliphatic carbocycles. The Labute approximate surface area is 147 Å². The van der Waals surface area contributed by atoms with Crippen LogP contribution in [0.3, 0.4) is 0 Å². The molecule has 0 spiro atoms. The molecule has 2 amide bonds. The predicted molar refractivity (Wildman–Crippen MR) is 97.3 cm³/mol. The van der Waals surface area contributed by atoms with Crippen LogP contribution in [0.15, 0.2) is 60.8 Å². The van der Waals surface area contributed by atoms with E-state index in [4.69, 9.17) is 0 Å². The van der Waals surface area contributed by atoms with E-state index in [1.807, 2.05) is 60.8 Å². The van der Waals surface area contributed by atoms with Gasteiger partial charge in [-0.15, -0.1) is 0 Å². The second-order valence-electron chi connectivity index (χ2n) is 6.45. The first-order valence-corrected chi connectivity index (χ1v) is 8.76. The van der Waals surface area contributed by atoms with Gasteiger partial charge in [0.15, 0.2) is 0 Å². The number of hydrogen-bond donors (Lipinski definition) is 0. The maximum Gasteiger partial charge on any atom is 0.258 e. The van der Waals surface area contributed by atoms with Crippen molar-refractivity contribution in [2.24, 2.45) is 5.92 Å². The van der Waals surface area contributed by atoms with Gasteiger partial charge in [0.05, 0.1) is 5.69 Å². The van der Waals surface area contributed by atoms with Crippen molar-refractivity contribution in [3.63, 3.8) is 0 Å². The van der Waals surface area contributed by atoms with E-state index >= 15 is 0 Å². The van der Waals surface area contributed by atoms with Crippen molar-refractivity contribution < 1.29 is 9.59 Å². The molecule has 4 nitrogen and oxygen atoms in total. The third kappa shape index (κ3) is 2.45. The molecule has 4 rings (SSSR count). The Kier molecular flexibility index (Phi) is 3.88. The summed E-state index contributed by atoms with van der Waals surface area (Å²) in [5.41, 5.74) is 3.75. The number of hydrogen-bond acceptors (Lipinski definition) is 2. The fourth-order valence-corrected chi connectivity index (χ4v) is 3.55. The first-order chi connectivity index (χ1) is 12.2. The molecule has 2 aromatic carbocycles. The van der Waals surface area contributed by atoms with Crippen molar-refractivity contribution in [1.82, 2.24) is 5.01 Å². The third-order valence-electron chi connectivity index (χ3n) is 4.85. The second kappa shape index (κ2) is 6.20. The molecular weight excluding hydrogens is 312 g/mol. The summed E-state index contributed by atoms with van der Waals surface area (Å²) in [5.74, 6) is -0.810. The molecule has 0 radical (unpaired) electrons. The molecule has 25 heavy (non-hydrogen) atoms. The Balaban J connectivity index is 1.83. The fraction of sp³-hybridized carbons (Fsp3) is 0.238. The number of carbonyl (C=O) groups excluding carboxylic acids is 2. The van der Waals surface area contributed by atoms with Crippen molar-refractivity contribution in [1.29, 1.82) is 0 Å². The van der Waals surface area contributed by atoms with Gasteiger partial charge in [-0.1, -0.05) is 68.3 Å². The molecular formula is C21H20N2O2. The van der Waals surface area contributed by atoms with Crippen LogP contribution in [0.1, 0.15) is 37.3 Å². The van der Waals surface area contributed by atoms with Crippen LogP contribution in [0.25, 0.3) is 5.57 Å². The SMILES string of the molecule is CCCC[C@@H]1C(=O)N2C=C(c3ccccc3)c3ccccc3N2C1=O. The van der Waals surface area contributed by atoms with E-state index in [1.54, 1.807) is 5.01 Å². The third-order valence-corrected chi connectivity index (χ3v) is 4.85. The molecule has 2 aromatic rings. The highest BCUT2D eigenvalue weighted by Gasteiger charge is 2.47. The van der Waals surface area contributed by atoms with Gasteiger partial charge in [-0.3, -0.25) is 9.59 Å². The van der Waals surface area contributed by atoms with Gasteiger partial charge in [0.2, 0.25) is 0 Å². The number of anilines is 1. The highest BCUT2D eigenvalue weighted by Crippen LogP contribution is 2.41. The number of rotatable bonds is 4. The second-order valence-corrected chi connectivity index (χ2v) is 6.45. The molecule has 0 aromatic heterocycles. The molecule has 1 fully saturated rings. The van der Waals surface area contributed by atoms with Crippen LogP contribution in [0, 0.1) is 5.92 Å². The van der Waals surface area contributed by atoms with Crippen LogP contribution >= 0.6 is 0 Å². The molecule has 0 unspecified atom stereocenters. The van der Waals surface area contributed by atoms with Gasteiger partial charge in [-0.25, -0.2) is 10.0 Å². The maximum absolute atomic E-state index is 12.9. The number of nitrogens with zero attached hydrogens (tertiary/aromatic N) is 2. The smallest absolute Gasteiger partial charge is 0.258 e. The number of carbonyl (C=O) groups is 2. The number of benzene rings is 2. The molecule has 1 atom stereocenters. The van der Waals surface area contributed by atoms with Gasteiger partial charge < -0.3 is 0 Å². The standard InChI is InChI=1S/C21H20N2O2/c1-2-3-11-17-20(24)22-14-18(15-9-5-4-6-10-15)16-12-7-8-13-19(16)23(22)21(17)25/h4-10,12-14,17H,2-3,11H2,1H3/t17-/m1/s1. The lowest BCUT2D eigenvalue weighted by Gasteiger charge is -2.32. The number of hydrazine groups is 1. The van der Waals surface area contributed by atoms with Gasteiger partial charge in [-0.05, 0) is 18.1 Å². The molecule has 4 heteroatoms. The summed E-state index contributed by atoms with van der Waals surface area (Å²) < 4.78 is 0. The highest BCUT2D eigenvalue weighted by atomic mass is 16.2. The summed E-state index contributed by atoms with van der Waals surface area (Å²) in [7, 11) is 0. The van der Waals surface area contributed by atoms with Gasteiger partial charge >= 0.3 is 0 Å². The van der Waals surface area contributed by atoms with Crippen LogP contribution < -0.4 is 5.01 Å². The van der Waals surface area contributed by atoms with Gasteiger partial charge in [0.1, 0.15) is 5.92 Å². The molecule has 0 N–H and O–H groups in total. The van der Waals surface area contributed by atoms with E-state index in [9.17, 15) is 9.59 Å². The van der Waals surface area contributed by atoms with Crippen LogP contribution in [-0.4, -0.2) is 16.8 Å². The minimum Gasteiger partial charge on any atom is -0.272 e. The zero-order valence-corrected chi connectivity index (χ0v) is 14.2. The zero-order chi connectivity index (χ0) is 17.4. The summed E-state index contributed by atoms with van der Waals surface area (Å²) in [4.78, 5) is 25.8. The first kappa shape index (κ1) is 15.6. The lowest BCUT2D eigenvalue weighted by molar-refractivity contribution is -0.131. The van der Waals surface area contributed by atoms with Crippen molar-refractivity contribution in [3.8, 4) is 0 Å². The van der Waals surface area contributed by atoms with Gasteiger partial charge in [-0.2, -0.15) is 0 Å². The van der Waals surface area contributed by atoms with Crippen molar-refractivity contribution in [3.05, 3.63) is 71.9 Å².